The number of rotatable bonds is 5. The molecular formula is C20H14ClN3OS2. The third-order valence-electron chi connectivity index (χ3n) is 3.80. The molecule has 0 aliphatic heterocycles. The molecule has 0 saturated carbocycles. The Morgan fingerprint density at radius 2 is 1.85 bits per heavy atom. The van der Waals surface area contributed by atoms with Crippen LogP contribution in [0, 0.1) is 0 Å². The van der Waals surface area contributed by atoms with Crippen molar-refractivity contribution < 1.29 is 4.79 Å². The quantitative estimate of drug-likeness (QED) is 0.336. The van der Waals surface area contributed by atoms with Crippen molar-refractivity contribution in [3.63, 3.8) is 0 Å². The Labute approximate surface area is 169 Å². The van der Waals surface area contributed by atoms with Crippen LogP contribution in [0.15, 0.2) is 71.1 Å². The molecule has 4 nitrogen and oxygen atoms in total. The summed E-state index contributed by atoms with van der Waals surface area (Å²) in [7, 11) is 0. The van der Waals surface area contributed by atoms with Gasteiger partial charge < -0.3 is 5.32 Å². The number of hydrogen-bond donors (Lipinski definition) is 1. The van der Waals surface area contributed by atoms with Gasteiger partial charge >= 0.3 is 0 Å². The van der Waals surface area contributed by atoms with Gasteiger partial charge in [0.05, 0.1) is 26.9 Å². The molecule has 0 fully saturated rings. The Morgan fingerprint density at radius 3 is 2.67 bits per heavy atom. The number of para-hydroxylation sites is 2. The molecular weight excluding hydrogens is 398 g/mol. The van der Waals surface area contributed by atoms with Gasteiger partial charge in [-0.05, 0) is 29.6 Å². The number of halogens is 1. The van der Waals surface area contributed by atoms with Crippen LogP contribution in [0.1, 0.15) is 0 Å². The fraction of sp³-hybridized carbons (Fsp3) is 0.0500. The zero-order chi connectivity index (χ0) is 18.6. The van der Waals surface area contributed by atoms with Crippen molar-refractivity contribution in [2.45, 2.75) is 5.03 Å². The fourth-order valence-corrected chi connectivity index (χ4v) is 4.22. The van der Waals surface area contributed by atoms with Gasteiger partial charge in [-0.1, -0.05) is 59.8 Å². The summed E-state index contributed by atoms with van der Waals surface area (Å²) >= 11 is 9.09. The molecule has 1 amide bonds. The van der Waals surface area contributed by atoms with E-state index in [1.165, 1.54) is 11.8 Å². The zero-order valence-corrected chi connectivity index (χ0v) is 16.4. The molecule has 4 aromatic rings. The molecule has 0 atom stereocenters. The van der Waals surface area contributed by atoms with Crippen molar-refractivity contribution in [3.8, 4) is 10.7 Å². The number of nitrogens with one attached hydrogen (secondary N) is 1. The maximum absolute atomic E-state index is 12.4. The number of carbonyl (C=O) groups is 1. The zero-order valence-electron chi connectivity index (χ0n) is 14.1. The van der Waals surface area contributed by atoms with Gasteiger partial charge in [-0.3, -0.25) is 4.79 Å². The number of anilines is 1. The highest BCUT2D eigenvalue weighted by molar-refractivity contribution is 8.00. The Kier molecular flexibility index (Phi) is 5.38. The number of thiophene rings is 1. The van der Waals surface area contributed by atoms with Crippen LogP contribution in [-0.2, 0) is 4.79 Å². The molecule has 134 valence electrons. The summed E-state index contributed by atoms with van der Waals surface area (Å²) < 4.78 is 0. The lowest BCUT2D eigenvalue weighted by atomic mass is 10.2. The van der Waals surface area contributed by atoms with Crippen molar-refractivity contribution in [3.05, 3.63) is 71.1 Å². The molecule has 0 aliphatic carbocycles. The minimum absolute atomic E-state index is 0.131. The highest BCUT2D eigenvalue weighted by atomic mass is 35.5. The number of aromatic nitrogens is 2. The van der Waals surface area contributed by atoms with Crippen LogP contribution in [0.25, 0.3) is 21.6 Å². The molecule has 0 bridgehead atoms. The number of hydrogen-bond acceptors (Lipinski definition) is 5. The van der Waals surface area contributed by atoms with Gasteiger partial charge in [0.1, 0.15) is 5.03 Å². The van der Waals surface area contributed by atoms with Crippen molar-refractivity contribution in [2.75, 3.05) is 11.1 Å². The molecule has 0 saturated heterocycles. The van der Waals surface area contributed by atoms with Gasteiger partial charge in [0.15, 0.2) is 5.82 Å². The number of fused-ring (bicyclic) bond motifs is 1. The van der Waals surface area contributed by atoms with Crippen molar-refractivity contribution in [1.82, 2.24) is 9.97 Å². The van der Waals surface area contributed by atoms with Crippen LogP contribution >= 0.6 is 34.7 Å². The minimum atomic E-state index is -0.131. The first-order valence-corrected chi connectivity index (χ1v) is 10.4. The molecule has 4 rings (SSSR count). The van der Waals surface area contributed by atoms with Gasteiger partial charge in [-0.15, -0.1) is 11.3 Å². The van der Waals surface area contributed by atoms with Crippen LogP contribution in [0.2, 0.25) is 5.02 Å². The van der Waals surface area contributed by atoms with Crippen LogP contribution < -0.4 is 5.32 Å². The van der Waals surface area contributed by atoms with E-state index in [9.17, 15) is 4.79 Å². The van der Waals surface area contributed by atoms with Crippen molar-refractivity contribution >= 4 is 57.2 Å². The molecule has 0 spiro atoms. The van der Waals surface area contributed by atoms with Crippen LogP contribution in [0.3, 0.4) is 0 Å². The lowest BCUT2D eigenvalue weighted by molar-refractivity contribution is -0.113. The average molecular weight is 412 g/mol. The summed E-state index contributed by atoms with van der Waals surface area (Å²) in [6.07, 6.45) is 0. The standard InChI is InChI=1S/C20H14ClN3OS2/c21-14-7-2-4-9-16(14)22-18(25)12-27-20-13-6-1-3-8-15(13)23-19(24-20)17-10-5-11-26-17/h1-11H,12H2,(H,22,25). The molecule has 2 heterocycles. The van der Waals surface area contributed by atoms with E-state index in [1.807, 2.05) is 53.9 Å². The fourth-order valence-electron chi connectivity index (χ4n) is 2.56. The Morgan fingerprint density at radius 1 is 1.04 bits per heavy atom. The summed E-state index contributed by atoms with van der Waals surface area (Å²) in [5.74, 6) is 0.780. The maximum atomic E-state index is 12.4. The van der Waals surface area contributed by atoms with Crippen molar-refractivity contribution in [2.24, 2.45) is 0 Å². The summed E-state index contributed by atoms with van der Waals surface area (Å²) in [6, 6.07) is 19.0. The first kappa shape index (κ1) is 18.0. The highest BCUT2D eigenvalue weighted by Crippen LogP contribution is 2.30. The molecule has 2 aromatic heterocycles. The molecule has 0 unspecified atom stereocenters. The second-order valence-electron chi connectivity index (χ2n) is 5.66. The number of thioether (sulfide) groups is 1. The lowest BCUT2D eigenvalue weighted by Crippen LogP contribution is -2.14. The Balaban J connectivity index is 1.58. The topological polar surface area (TPSA) is 54.9 Å². The van der Waals surface area contributed by atoms with Crippen molar-refractivity contribution in [1.29, 1.82) is 0 Å². The molecule has 7 heteroatoms. The van der Waals surface area contributed by atoms with E-state index < -0.39 is 0 Å². The predicted octanol–water partition coefficient (Wildman–Crippen LogP) is 5.74. The highest BCUT2D eigenvalue weighted by Gasteiger charge is 2.13. The number of amides is 1. The monoisotopic (exact) mass is 411 g/mol. The normalized spacial score (nSPS) is 10.9. The largest absolute Gasteiger partial charge is 0.324 e. The van der Waals surface area contributed by atoms with E-state index in [4.69, 9.17) is 16.6 Å². The van der Waals surface area contributed by atoms with Gasteiger partial charge in [0, 0.05) is 5.39 Å². The summed E-state index contributed by atoms with van der Waals surface area (Å²) in [5.41, 5.74) is 1.47. The summed E-state index contributed by atoms with van der Waals surface area (Å²) in [5, 5.41) is 7.08. The summed E-state index contributed by atoms with van der Waals surface area (Å²) in [4.78, 5) is 22.7. The van der Waals surface area contributed by atoms with E-state index in [0.29, 0.717) is 16.5 Å². The van der Waals surface area contributed by atoms with E-state index >= 15 is 0 Å². The number of benzene rings is 2. The van der Waals surface area contributed by atoms with Gasteiger partial charge in [0.25, 0.3) is 0 Å². The SMILES string of the molecule is O=C(CSc1nc(-c2cccs2)nc2ccccc12)Nc1ccccc1Cl. The third kappa shape index (κ3) is 4.13. The number of nitrogens with zero attached hydrogens (tertiary/aromatic N) is 2. The second kappa shape index (κ2) is 8.08. The first-order valence-electron chi connectivity index (χ1n) is 8.18. The van der Waals surface area contributed by atoms with E-state index in [-0.39, 0.29) is 11.7 Å². The maximum Gasteiger partial charge on any atom is 0.234 e. The van der Waals surface area contributed by atoms with Gasteiger partial charge in [-0.2, -0.15) is 0 Å². The Bertz CT molecular complexity index is 1100. The van der Waals surface area contributed by atoms with E-state index in [2.05, 4.69) is 10.3 Å². The smallest absolute Gasteiger partial charge is 0.234 e. The third-order valence-corrected chi connectivity index (χ3v) is 5.98. The van der Waals surface area contributed by atoms with Gasteiger partial charge in [-0.25, -0.2) is 9.97 Å². The van der Waals surface area contributed by atoms with E-state index in [0.717, 1.165) is 20.8 Å². The first-order chi connectivity index (χ1) is 13.2. The lowest BCUT2D eigenvalue weighted by Gasteiger charge is -2.09. The van der Waals surface area contributed by atoms with Crippen LogP contribution in [0.5, 0.6) is 0 Å². The van der Waals surface area contributed by atoms with Crippen LogP contribution in [-0.4, -0.2) is 21.6 Å². The van der Waals surface area contributed by atoms with Crippen LogP contribution in [0.4, 0.5) is 5.69 Å². The number of carbonyl (C=O) groups excluding carboxylic acids is 1. The minimum Gasteiger partial charge on any atom is -0.324 e. The predicted molar refractivity (Wildman–Crippen MR) is 114 cm³/mol. The molecule has 0 aliphatic rings. The summed E-state index contributed by atoms with van der Waals surface area (Å²) in [6.45, 7) is 0. The molecule has 2 aromatic carbocycles. The molecule has 0 radical (unpaired) electrons. The molecule has 27 heavy (non-hydrogen) atoms. The molecule has 1 N–H and O–H groups in total. The van der Waals surface area contributed by atoms with E-state index in [1.54, 1.807) is 23.5 Å². The Hall–Kier alpha value is -2.41. The second-order valence-corrected chi connectivity index (χ2v) is 7.98. The van der Waals surface area contributed by atoms with Gasteiger partial charge in [0.2, 0.25) is 5.91 Å². The average Bonchev–Trinajstić information content (AvgIpc) is 3.22.